The molecule has 0 unspecified atom stereocenters. The summed E-state index contributed by atoms with van der Waals surface area (Å²) in [6, 6.07) is 8.50. The second-order valence-corrected chi connectivity index (χ2v) is 4.74. The molecule has 1 aromatic carbocycles. The average molecular weight is 274 g/mol. The highest BCUT2D eigenvalue weighted by Gasteiger charge is 2.16. The number of piperazine rings is 1. The highest BCUT2D eigenvalue weighted by atomic mass is 16.5. The van der Waals surface area contributed by atoms with Gasteiger partial charge >= 0.3 is 6.01 Å². The third-order valence-electron chi connectivity index (χ3n) is 3.36. The molecule has 1 aromatic heterocycles. The van der Waals surface area contributed by atoms with Crippen molar-refractivity contribution in [3.63, 3.8) is 0 Å². The van der Waals surface area contributed by atoms with Crippen molar-refractivity contribution in [2.24, 2.45) is 0 Å². The fourth-order valence-corrected chi connectivity index (χ4v) is 2.22. The Hall–Kier alpha value is -2.08. The van der Waals surface area contributed by atoms with E-state index < -0.39 is 0 Å². The van der Waals surface area contributed by atoms with Crippen molar-refractivity contribution < 1.29 is 9.15 Å². The Labute approximate surface area is 117 Å². The van der Waals surface area contributed by atoms with Gasteiger partial charge in [-0.25, -0.2) is 0 Å². The van der Waals surface area contributed by atoms with Crippen molar-refractivity contribution in [2.75, 3.05) is 38.2 Å². The van der Waals surface area contributed by atoms with Crippen LogP contribution in [-0.2, 0) is 6.42 Å². The number of anilines is 1. The molecular weight excluding hydrogens is 256 g/mol. The van der Waals surface area contributed by atoms with Crippen LogP contribution in [0, 0.1) is 0 Å². The number of aromatic nitrogens is 2. The Morgan fingerprint density at radius 1 is 1.20 bits per heavy atom. The van der Waals surface area contributed by atoms with Gasteiger partial charge in [0.05, 0.1) is 13.5 Å². The summed E-state index contributed by atoms with van der Waals surface area (Å²) in [6.07, 6.45) is 0.642. The van der Waals surface area contributed by atoms with E-state index in [4.69, 9.17) is 9.15 Å². The first-order valence-electron chi connectivity index (χ1n) is 6.76. The standard InChI is InChI=1S/C14H18N4O2/c1-19-12-4-2-11(3-5-12)10-13-16-17-14(20-13)18-8-6-15-7-9-18/h2-5,15H,6-10H2,1H3. The van der Waals surface area contributed by atoms with Gasteiger partial charge in [0, 0.05) is 26.2 Å². The molecule has 1 fully saturated rings. The summed E-state index contributed by atoms with van der Waals surface area (Å²) in [5, 5.41) is 11.5. The van der Waals surface area contributed by atoms with Gasteiger partial charge in [-0.2, -0.15) is 0 Å². The van der Waals surface area contributed by atoms with Crippen LogP contribution >= 0.6 is 0 Å². The molecule has 0 amide bonds. The lowest BCUT2D eigenvalue weighted by Gasteiger charge is -2.24. The number of hydrogen-bond donors (Lipinski definition) is 1. The number of nitrogens with one attached hydrogen (secondary N) is 1. The zero-order chi connectivity index (χ0) is 13.8. The molecule has 106 valence electrons. The number of nitrogens with zero attached hydrogens (tertiary/aromatic N) is 3. The molecule has 1 aliphatic rings. The maximum atomic E-state index is 5.73. The molecule has 0 bridgehead atoms. The van der Waals surface area contributed by atoms with E-state index in [1.54, 1.807) is 7.11 Å². The molecule has 0 spiro atoms. The van der Waals surface area contributed by atoms with Crippen molar-refractivity contribution in [1.29, 1.82) is 0 Å². The molecule has 3 rings (SSSR count). The zero-order valence-corrected chi connectivity index (χ0v) is 11.5. The number of ether oxygens (including phenoxy) is 1. The van der Waals surface area contributed by atoms with E-state index in [9.17, 15) is 0 Å². The van der Waals surface area contributed by atoms with Gasteiger partial charge in [-0.15, -0.1) is 5.10 Å². The first kappa shape index (κ1) is 12.9. The molecule has 2 heterocycles. The molecule has 0 saturated carbocycles. The molecule has 6 nitrogen and oxygen atoms in total. The van der Waals surface area contributed by atoms with Gasteiger partial charge < -0.3 is 19.4 Å². The molecule has 2 aromatic rings. The first-order chi connectivity index (χ1) is 9.85. The number of methoxy groups -OCH3 is 1. The molecule has 1 aliphatic heterocycles. The summed E-state index contributed by atoms with van der Waals surface area (Å²) in [6.45, 7) is 3.72. The lowest BCUT2D eigenvalue weighted by Crippen LogP contribution is -2.43. The Morgan fingerprint density at radius 2 is 1.95 bits per heavy atom. The Morgan fingerprint density at radius 3 is 2.65 bits per heavy atom. The van der Waals surface area contributed by atoms with E-state index in [0.717, 1.165) is 37.5 Å². The van der Waals surface area contributed by atoms with E-state index in [1.165, 1.54) is 0 Å². The Bertz CT molecular complexity index is 547. The van der Waals surface area contributed by atoms with Crippen LogP contribution < -0.4 is 15.0 Å². The monoisotopic (exact) mass is 274 g/mol. The normalized spacial score (nSPS) is 15.3. The molecule has 1 saturated heterocycles. The second kappa shape index (κ2) is 5.92. The van der Waals surface area contributed by atoms with Crippen LogP contribution in [0.2, 0.25) is 0 Å². The molecular formula is C14H18N4O2. The lowest BCUT2D eigenvalue weighted by molar-refractivity contribution is 0.414. The van der Waals surface area contributed by atoms with Crippen LogP contribution in [0.4, 0.5) is 6.01 Å². The number of benzene rings is 1. The summed E-state index contributed by atoms with van der Waals surface area (Å²) in [5.74, 6) is 1.49. The van der Waals surface area contributed by atoms with Crippen LogP contribution in [0.15, 0.2) is 28.7 Å². The summed E-state index contributed by atoms with van der Waals surface area (Å²) < 4.78 is 10.9. The third kappa shape index (κ3) is 2.91. The fraction of sp³-hybridized carbons (Fsp3) is 0.429. The largest absolute Gasteiger partial charge is 0.497 e. The third-order valence-corrected chi connectivity index (χ3v) is 3.36. The van der Waals surface area contributed by atoms with Gasteiger partial charge in [0.1, 0.15) is 5.75 Å². The molecule has 6 heteroatoms. The average Bonchev–Trinajstić information content (AvgIpc) is 2.97. The van der Waals surface area contributed by atoms with E-state index in [2.05, 4.69) is 20.4 Å². The van der Waals surface area contributed by atoms with E-state index in [-0.39, 0.29) is 0 Å². The summed E-state index contributed by atoms with van der Waals surface area (Å²) in [4.78, 5) is 2.11. The Kier molecular flexibility index (Phi) is 3.83. The summed E-state index contributed by atoms with van der Waals surface area (Å²) >= 11 is 0. The smallest absolute Gasteiger partial charge is 0.318 e. The maximum Gasteiger partial charge on any atom is 0.318 e. The molecule has 0 atom stereocenters. The van der Waals surface area contributed by atoms with E-state index in [0.29, 0.717) is 18.3 Å². The minimum atomic E-state index is 0.620. The van der Waals surface area contributed by atoms with Crippen molar-refractivity contribution in [2.45, 2.75) is 6.42 Å². The van der Waals surface area contributed by atoms with Crippen LogP contribution in [0.1, 0.15) is 11.5 Å². The fourth-order valence-electron chi connectivity index (χ4n) is 2.22. The van der Waals surface area contributed by atoms with Crippen LogP contribution in [0.25, 0.3) is 0 Å². The van der Waals surface area contributed by atoms with Gasteiger partial charge in [-0.1, -0.05) is 17.2 Å². The topological polar surface area (TPSA) is 63.4 Å². The van der Waals surface area contributed by atoms with E-state index >= 15 is 0 Å². The van der Waals surface area contributed by atoms with Crippen LogP contribution in [0.3, 0.4) is 0 Å². The quantitative estimate of drug-likeness (QED) is 0.900. The summed E-state index contributed by atoms with van der Waals surface area (Å²) in [5.41, 5.74) is 1.13. The molecule has 20 heavy (non-hydrogen) atoms. The van der Waals surface area contributed by atoms with Gasteiger partial charge in [0.2, 0.25) is 5.89 Å². The van der Waals surface area contributed by atoms with Gasteiger partial charge in [-0.05, 0) is 17.7 Å². The summed E-state index contributed by atoms with van der Waals surface area (Å²) in [7, 11) is 1.66. The molecule has 0 radical (unpaired) electrons. The molecule has 0 aliphatic carbocycles. The van der Waals surface area contributed by atoms with E-state index in [1.807, 2.05) is 24.3 Å². The van der Waals surface area contributed by atoms with Gasteiger partial charge in [0.25, 0.3) is 0 Å². The minimum Gasteiger partial charge on any atom is -0.497 e. The van der Waals surface area contributed by atoms with Gasteiger partial charge in [0.15, 0.2) is 0 Å². The molecule has 1 N–H and O–H groups in total. The van der Waals surface area contributed by atoms with Gasteiger partial charge in [-0.3, -0.25) is 0 Å². The zero-order valence-electron chi connectivity index (χ0n) is 11.5. The SMILES string of the molecule is COc1ccc(Cc2nnc(N3CCNCC3)o2)cc1. The Balaban J connectivity index is 1.66. The highest BCUT2D eigenvalue weighted by molar-refractivity contribution is 5.29. The van der Waals surface area contributed by atoms with Crippen molar-refractivity contribution in [1.82, 2.24) is 15.5 Å². The predicted octanol–water partition coefficient (Wildman–Crippen LogP) is 1.08. The van der Waals surface area contributed by atoms with Crippen molar-refractivity contribution >= 4 is 6.01 Å². The highest BCUT2D eigenvalue weighted by Crippen LogP contribution is 2.17. The number of rotatable bonds is 4. The second-order valence-electron chi connectivity index (χ2n) is 4.74. The predicted molar refractivity (Wildman–Crippen MR) is 75.2 cm³/mol. The lowest BCUT2D eigenvalue weighted by atomic mass is 10.1. The van der Waals surface area contributed by atoms with Crippen molar-refractivity contribution in [3.8, 4) is 5.75 Å². The van der Waals surface area contributed by atoms with Crippen LogP contribution in [-0.4, -0.2) is 43.5 Å². The van der Waals surface area contributed by atoms with Crippen LogP contribution in [0.5, 0.6) is 5.75 Å². The minimum absolute atomic E-state index is 0.620. The first-order valence-corrected chi connectivity index (χ1v) is 6.76. The van der Waals surface area contributed by atoms with Crippen molar-refractivity contribution in [3.05, 3.63) is 35.7 Å². The maximum absolute atomic E-state index is 5.73. The number of hydrogen-bond acceptors (Lipinski definition) is 6.